The van der Waals surface area contributed by atoms with E-state index >= 15 is 0 Å². The van der Waals surface area contributed by atoms with E-state index in [0.717, 1.165) is 28.6 Å². The van der Waals surface area contributed by atoms with Gasteiger partial charge in [-0.3, -0.25) is 9.59 Å². The first-order chi connectivity index (χ1) is 13.1. The summed E-state index contributed by atoms with van der Waals surface area (Å²) in [5, 5.41) is 6.68. The van der Waals surface area contributed by atoms with Gasteiger partial charge in [-0.2, -0.15) is 0 Å². The van der Waals surface area contributed by atoms with Crippen molar-refractivity contribution in [2.45, 2.75) is 32.9 Å². The van der Waals surface area contributed by atoms with E-state index in [-0.39, 0.29) is 18.4 Å². The van der Waals surface area contributed by atoms with Gasteiger partial charge < -0.3 is 15.2 Å². The Morgan fingerprint density at radius 1 is 1.04 bits per heavy atom. The van der Waals surface area contributed by atoms with Crippen LogP contribution in [0.4, 0.5) is 0 Å². The van der Waals surface area contributed by atoms with Crippen LogP contribution in [0.2, 0.25) is 0 Å². The van der Waals surface area contributed by atoms with Gasteiger partial charge in [0.25, 0.3) is 0 Å². The number of hydrogen-bond donors (Lipinski definition) is 2. The van der Waals surface area contributed by atoms with Gasteiger partial charge in [0.15, 0.2) is 0 Å². The number of benzene rings is 2. The van der Waals surface area contributed by atoms with Crippen molar-refractivity contribution in [3.8, 4) is 11.3 Å². The van der Waals surface area contributed by atoms with Crippen molar-refractivity contribution >= 4 is 22.7 Å². The highest BCUT2D eigenvalue weighted by atomic mass is 16.2. The Hall–Kier alpha value is -3.08. The summed E-state index contributed by atoms with van der Waals surface area (Å²) in [6.07, 6.45) is 0.863. The molecule has 0 aliphatic heterocycles. The Morgan fingerprint density at radius 3 is 2.48 bits per heavy atom. The van der Waals surface area contributed by atoms with Crippen molar-refractivity contribution in [1.82, 2.24) is 15.2 Å². The van der Waals surface area contributed by atoms with Gasteiger partial charge in [-0.15, -0.1) is 0 Å². The molecule has 3 rings (SSSR count). The van der Waals surface area contributed by atoms with E-state index in [1.165, 1.54) is 0 Å². The van der Waals surface area contributed by atoms with Crippen molar-refractivity contribution in [2.24, 2.45) is 0 Å². The molecular weight excluding hydrogens is 338 g/mol. The molecular formula is C22H25N3O2. The number of nitrogens with zero attached hydrogens (tertiary/aromatic N) is 1. The van der Waals surface area contributed by atoms with Crippen molar-refractivity contribution < 1.29 is 9.59 Å². The van der Waals surface area contributed by atoms with E-state index in [9.17, 15) is 9.59 Å². The van der Waals surface area contributed by atoms with Crippen molar-refractivity contribution in [1.29, 1.82) is 0 Å². The standard InChI is InChI=1S/C22H25N3O2/c1-3-13-23-22(27)16(2)24-21(26)15-25-19-12-8-7-11-18(19)14-20(25)17-9-5-4-6-10-17/h4-12,14,16H,3,13,15H2,1-2H3,(H,23,27)(H,24,26)/t16-/m1/s1. The van der Waals surface area contributed by atoms with Gasteiger partial charge in [-0.1, -0.05) is 55.5 Å². The normalized spacial score (nSPS) is 11.9. The maximum Gasteiger partial charge on any atom is 0.242 e. The fourth-order valence-electron chi connectivity index (χ4n) is 3.13. The van der Waals surface area contributed by atoms with E-state index < -0.39 is 6.04 Å². The molecule has 5 nitrogen and oxygen atoms in total. The van der Waals surface area contributed by atoms with Gasteiger partial charge in [-0.25, -0.2) is 0 Å². The van der Waals surface area contributed by atoms with Gasteiger partial charge in [0, 0.05) is 23.1 Å². The molecule has 0 radical (unpaired) electrons. The van der Waals surface area contributed by atoms with Crippen LogP contribution in [0.25, 0.3) is 22.2 Å². The maximum atomic E-state index is 12.6. The number of carbonyl (C=O) groups is 2. The van der Waals surface area contributed by atoms with Crippen LogP contribution in [0.15, 0.2) is 60.7 Å². The second-order valence-electron chi connectivity index (χ2n) is 6.62. The molecule has 0 fully saturated rings. The first kappa shape index (κ1) is 18.7. The number of hydrogen-bond acceptors (Lipinski definition) is 2. The second kappa shape index (κ2) is 8.54. The molecule has 2 amide bonds. The molecule has 27 heavy (non-hydrogen) atoms. The third kappa shape index (κ3) is 4.37. The average Bonchev–Trinajstić information content (AvgIpc) is 3.05. The molecule has 0 aliphatic carbocycles. The quantitative estimate of drug-likeness (QED) is 0.676. The summed E-state index contributed by atoms with van der Waals surface area (Å²) in [6.45, 7) is 4.46. The first-order valence-electron chi connectivity index (χ1n) is 9.31. The van der Waals surface area contributed by atoms with Crippen LogP contribution in [0, 0.1) is 0 Å². The molecule has 0 bridgehead atoms. The minimum Gasteiger partial charge on any atom is -0.354 e. The fourth-order valence-corrected chi connectivity index (χ4v) is 3.13. The Bertz CT molecular complexity index is 931. The largest absolute Gasteiger partial charge is 0.354 e. The molecule has 2 N–H and O–H groups in total. The van der Waals surface area contributed by atoms with Crippen LogP contribution >= 0.6 is 0 Å². The topological polar surface area (TPSA) is 63.1 Å². The molecule has 0 saturated heterocycles. The van der Waals surface area contributed by atoms with E-state index in [1.807, 2.05) is 66.1 Å². The summed E-state index contributed by atoms with van der Waals surface area (Å²) in [5.74, 6) is -0.349. The molecule has 1 atom stereocenters. The number of fused-ring (bicyclic) bond motifs is 1. The van der Waals surface area contributed by atoms with Crippen LogP contribution < -0.4 is 10.6 Å². The van der Waals surface area contributed by atoms with Crippen LogP contribution in [0.3, 0.4) is 0 Å². The van der Waals surface area contributed by atoms with Gasteiger partial charge in [0.05, 0.1) is 0 Å². The SMILES string of the molecule is CCCNC(=O)[C@@H](C)NC(=O)Cn1c(-c2ccccc2)cc2ccccc21. The molecule has 1 aromatic heterocycles. The minimum atomic E-state index is -0.564. The number of carbonyl (C=O) groups excluding carboxylic acids is 2. The predicted molar refractivity (Wildman–Crippen MR) is 108 cm³/mol. The smallest absolute Gasteiger partial charge is 0.242 e. The summed E-state index contributed by atoms with van der Waals surface area (Å²) < 4.78 is 2.00. The minimum absolute atomic E-state index is 0.156. The van der Waals surface area contributed by atoms with Crippen molar-refractivity contribution in [2.75, 3.05) is 6.54 Å². The number of nitrogens with one attached hydrogen (secondary N) is 2. The van der Waals surface area contributed by atoms with Crippen LogP contribution in [0.5, 0.6) is 0 Å². The molecule has 0 aliphatic rings. The Balaban J connectivity index is 1.83. The summed E-state index contributed by atoms with van der Waals surface area (Å²) in [6, 6.07) is 19.5. The van der Waals surface area contributed by atoms with Gasteiger partial charge >= 0.3 is 0 Å². The number of para-hydroxylation sites is 1. The zero-order valence-electron chi connectivity index (χ0n) is 15.7. The second-order valence-corrected chi connectivity index (χ2v) is 6.62. The molecule has 0 spiro atoms. The Morgan fingerprint density at radius 2 is 1.74 bits per heavy atom. The van der Waals surface area contributed by atoms with E-state index in [0.29, 0.717) is 6.54 Å². The molecule has 0 unspecified atom stereocenters. The lowest BCUT2D eigenvalue weighted by molar-refractivity contribution is -0.128. The molecule has 2 aromatic carbocycles. The third-order valence-electron chi connectivity index (χ3n) is 4.50. The summed E-state index contributed by atoms with van der Waals surface area (Å²) in [7, 11) is 0. The molecule has 5 heteroatoms. The predicted octanol–water partition coefficient (Wildman–Crippen LogP) is 3.34. The molecule has 1 heterocycles. The molecule has 3 aromatic rings. The van der Waals surface area contributed by atoms with E-state index in [4.69, 9.17) is 0 Å². The number of aromatic nitrogens is 1. The lowest BCUT2D eigenvalue weighted by Gasteiger charge is -2.16. The van der Waals surface area contributed by atoms with Gasteiger partial charge in [-0.05, 0) is 31.0 Å². The monoisotopic (exact) mass is 363 g/mol. The molecule has 0 saturated carbocycles. The third-order valence-corrected chi connectivity index (χ3v) is 4.50. The van der Waals surface area contributed by atoms with E-state index in [2.05, 4.69) is 16.7 Å². The fraction of sp³-hybridized carbons (Fsp3) is 0.273. The Kier molecular flexibility index (Phi) is 5.91. The highest BCUT2D eigenvalue weighted by molar-refractivity contribution is 5.91. The van der Waals surface area contributed by atoms with Crippen molar-refractivity contribution in [3.05, 3.63) is 60.7 Å². The number of amides is 2. The lowest BCUT2D eigenvalue weighted by atomic mass is 10.1. The first-order valence-corrected chi connectivity index (χ1v) is 9.31. The summed E-state index contributed by atoms with van der Waals surface area (Å²) in [5.41, 5.74) is 3.03. The zero-order chi connectivity index (χ0) is 19.2. The molecule has 140 valence electrons. The van der Waals surface area contributed by atoms with Crippen LogP contribution in [-0.4, -0.2) is 29.0 Å². The number of rotatable bonds is 7. The van der Waals surface area contributed by atoms with Gasteiger partial charge in [0.1, 0.15) is 12.6 Å². The van der Waals surface area contributed by atoms with Crippen LogP contribution in [-0.2, 0) is 16.1 Å². The highest BCUT2D eigenvalue weighted by Crippen LogP contribution is 2.28. The average molecular weight is 363 g/mol. The highest BCUT2D eigenvalue weighted by Gasteiger charge is 2.17. The lowest BCUT2D eigenvalue weighted by Crippen LogP contribution is -2.46. The van der Waals surface area contributed by atoms with Gasteiger partial charge in [0.2, 0.25) is 11.8 Å². The van der Waals surface area contributed by atoms with E-state index in [1.54, 1.807) is 6.92 Å². The van der Waals surface area contributed by atoms with Crippen LogP contribution in [0.1, 0.15) is 20.3 Å². The maximum absolute atomic E-state index is 12.6. The summed E-state index contributed by atoms with van der Waals surface area (Å²) >= 11 is 0. The zero-order valence-corrected chi connectivity index (χ0v) is 15.7. The van der Waals surface area contributed by atoms with Crippen molar-refractivity contribution in [3.63, 3.8) is 0 Å². The Labute approximate surface area is 159 Å². The summed E-state index contributed by atoms with van der Waals surface area (Å²) in [4.78, 5) is 24.6.